The molecular formula is C6H13NO4. The maximum atomic E-state index is 9.15. The lowest BCUT2D eigenvalue weighted by molar-refractivity contribution is -0.154. The summed E-state index contributed by atoms with van der Waals surface area (Å²) in [4.78, 5) is 0. The van der Waals surface area contributed by atoms with E-state index in [0.717, 1.165) is 0 Å². The van der Waals surface area contributed by atoms with Crippen LogP contribution < -0.4 is 5.32 Å². The fourth-order valence-corrected chi connectivity index (χ4v) is 1.15. The van der Waals surface area contributed by atoms with Crippen LogP contribution in [0.2, 0.25) is 0 Å². The van der Waals surface area contributed by atoms with Crippen molar-refractivity contribution in [3.05, 3.63) is 0 Å². The molecule has 11 heavy (non-hydrogen) atoms. The molecule has 1 unspecified atom stereocenters. The zero-order valence-corrected chi connectivity index (χ0v) is 6.18. The highest BCUT2D eigenvalue weighted by Gasteiger charge is 2.39. The highest BCUT2D eigenvalue weighted by molar-refractivity contribution is 4.91. The van der Waals surface area contributed by atoms with Crippen LogP contribution in [0.25, 0.3) is 0 Å². The van der Waals surface area contributed by atoms with Crippen molar-refractivity contribution in [1.29, 1.82) is 0 Å². The van der Waals surface area contributed by atoms with Gasteiger partial charge in [-0.15, -0.1) is 0 Å². The molecule has 0 bridgehead atoms. The van der Waals surface area contributed by atoms with Gasteiger partial charge in [-0.1, -0.05) is 0 Å². The largest absolute Gasteiger partial charge is 0.389 e. The SMILES string of the molecule is C[C@H]1NC(O)[C@H](O)[C@@H](O)[C@H]1O. The van der Waals surface area contributed by atoms with Gasteiger partial charge in [0.1, 0.15) is 18.4 Å². The van der Waals surface area contributed by atoms with Gasteiger partial charge in [0.15, 0.2) is 0 Å². The van der Waals surface area contributed by atoms with Crippen LogP contribution in [0.5, 0.6) is 0 Å². The topological polar surface area (TPSA) is 93.0 Å². The summed E-state index contributed by atoms with van der Waals surface area (Å²) in [7, 11) is 0. The molecule has 1 aliphatic heterocycles. The minimum atomic E-state index is -1.32. The number of aliphatic hydroxyl groups is 4. The molecule has 0 aromatic carbocycles. The van der Waals surface area contributed by atoms with E-state index in [4.69, 9.17) is 20.4 Å². The van der Waals surface area contributed by atoms with Gasteiger partial charge in [-0.05, 0) is 6.92 Å². The lowest BCUT2D eigenvalue weighted by Crippen LogP contribution is -2.63. The Bertz CT molecular complexity index is 129. The summed E-state index contributed by atoms with van der Waals surface area (Å²) in [5.74, 6) is 0. The van der Waals surface area contributed by atoms with Crippen molar-refractivity contribution >= 4 is 0 Å². The second-order valence-electron chi connectivity index (χ2n) is 2.87. The van der Waals surface area contributed by atoms with Crippen molar-refractivity contribution in [3.63, 3.8) is 0 Å². The standard InChI is InChI=1S/C6H13NO4/c1-2-3(8)4(9)5(10)6(11)7-2/h2-11H,1H3/t2-,3+,4+,5-,6?/m1/s1. The molecule has 1 saturated heterocycles. The van der Waals surface area contributed by atoms with Crippen LogP contribution in [0.3, 0.4) is 0 Å². The molecule has 0 aromatic rings. The first-order valence-corrected chi connectivity index (χ1v) is 3.52. The van der Waals surface area contributed by atoms with Crippen LogP contribution in [0.4, 0.5) is 0 Å². The van der Waals surface area contributed by atoms with Crippen molar-refractivity contribution < 1.29 is 20.4 Å². The second kappa shape index (κ2) is 3.04. The van der Waals surface area contributed by atoms with E-state index in [2.05, 4.69) is 5.32 Å². The maximum Gasteiger partial charge on any atom is 0.134 e. The Labute approximate surface area is 64.3 Å². The van der Waals surface area contributed by atoms with Crippen molar-refractivity contribution in [1.82, 2.24) is 5.32 Å². The summed E-state index contributed by atoms with van der Waals surface area (Å²) in [6.07, 6.45) is -4.79. The molecule has 0 aliphatic carbocycles. The Morgan fingerprint density at radius 2 is 1.45 bits per heavy atom. The number of nitrogens with one attached hydrogen (secondary N) is 1. The van der Waals surface area contributed by atoms with Gasteiger partial charge in [0.25, 0.3) is 0 Å². The predicted octanol–water partition coefficient (Wildman–Crippen LogP) is -2.62. The summed E-state index contributed by atoms with van der Waals surface area (Å²) in [5.41, 5.74) is 0. The van der Waals surface area contributed by atoms with Gasteiger partial charge in [-0.2, -0.15) is 0 Å². The van der Waals surface area contributed by atoms with Crippen LogP contribution in [0.1, 0.15) is 6.92 Å². The molecule has 0 radical (unpaired) electrons. The number of aliphatic hydroxyl groups excluding tert-OH is 4. The molecule has 1 aliphatic rings. The average molecular weight is 163 g/mol. The summed E-state index contributed by atoms with van der Waals surface area (Å²) < 4.78 is 0. The lowest BCUT2D eigenvalue weighted by atomic mass is 9.96. The highest BCUT2D eigenvalue weighted by atomic mass is 16.4. The molecule has 1 fully saturated rings. The number of hydrogen-bond donors (Lipinski definition) is 5. The Morgan fingerprint density at radius 3 is 2.00 bits per heavy atom. The Hall–Kier alpha value is -0.200. The van der Waals surface area contributed by atoms with Crippen LogP contribution in [0.15, 0.2) is 0 Å². The third-order valence-corrected chi connectivity index (χ3v) is 1.97. The van der Waals surface area contributed by atoms with E-state index in [1.54, 1.807) is 6.92 Å². The Morgan fingerprint density at radius 1 is 0.909 bits per heavy atom. The molecule has 5 heteroatoms. The van der Waals surface area contributed by atoms with Gasteiger partial charge in [-0.3, -0.25) is 5.32 Å². The fraction of sp³-hybridized carbons (Fsp3) is 1.00. The fourth-order valence-electron chi connectivity index (χ4n) is 1.15. The third kappa shape index (κ3) is 1.52. The zero-order chi connectivity index (χ0) is 8.59. The van der Waals surface area contributed by atoms with Crippen molar-refractivity contribution in [3.8, 4) is 0 Å². The molecule has 0 amide bonds. The molecule has 5 nitrogen and oxygen atoms in total. The third-order valence-electron chi connectivity index (χ3n) is 1.97. The Kier molecular flexibility index (Phi) is 2.46. The number of hydrogen-bond acceptors (Lipinski definition) is 5. The number of piperidine rings is 1. The molecular weight excluding hydrogens is 150 g/mol. The summed E-state index contributed by atoms with van der Waals surface area (Å²) in [5, 5.41) is 38.8. The van der Waals surface area contributed by atoms with Crippen LogP contribution in [-0.2, 0) is 0 Å². The van der Waals surface area contributed by atoms with E-state index in [-0.39, 0.29) is 0 Å². The minimum Gasteiger partial charge on any atom is -0.389 e. The molecule has 66 valence electrons. The molecule has 1 heterocycles. The molecule has 1 rings (SSSR count). The highest BCUT2D eigenvalue weighted by Crippen LogP contribution is 2.13. The van der Waals surface area contributed by atoms with Gasteiger partial charge in [-0.25, -0.2) is 0 Å². The van der Waals surface area contributed by atoms with E-state index in [0.29, 0.717) is 0 Å². The monoisotopic (exact) mass is 163 g/mol. The van der Waals surface area contributed by atoms with Crippen LogP contribution in [-0.4, -0.2) is 51.0 Å². The predicted molar refractivity (Wildman–Crippen MR) is 36.6 cm³/mol. The Balaban J connectivity index is 2.63. The molecule has 0 aromatic heterocycles. The average Bonchev–Trinajstić information content (AvgIpc) is 1.97. The first kappa shape index (κ1) is 8.89. The van der Waals surface area contributed by atoms with Crippen molar-refractivity contribution in [2.45, 2.75) is 37.5 Å². The maximum absolute atomic E-state index is 9.15. The molecule has 0 spiro atoms. The van der Waals surface area contributed by atoms with Gasteiger partial charge in [0.2, 0.25) is 0 Å². The van der Waals surface area contributed by atoms with E-state index >= 15 is 0 Å². The van der Waals surface area contributed by atoms with Crippen molar-refractivity contribution in [2.24, 2.45) is 0 Å². The van der Waals surface area contributed by atoms with Crippen LogP contribution >= 0.6 is 0 Å². The quantitative estimate of drug-likeness (QED) is 0.269. The summed E-state index contributed by atoms with van der Waals surface area (Å²) in [6, 6.07) is -0.414. The zero-order valence-electron chi connectivity index (χ0n) is 6.18. The summed E-state index contributed by atoms with van der Waals surface area (Å²) in [6.45, 7) is 1.61. The molecule has 0 saturated carbocycles. The van der Waals surface area contributed by atoms with E-state index < -0.39 is 30.6 Å². The number of rotatable bonds is 0. The van der Waals surface area contributed by atoms with Crippen LogP contribution in [0, 0.1) is 0 Å². The van der Waals surface area contributed by atoms with Gasteiger partial charge in [0, 0.05) is 6.04 Å². The molecule has 5 atom stereocenters. The van der Waals surface area contributed by atoms with E-state index in [9.17, 15) is 0 Å². The normalized spacial score (nSPS) is 52.6. The summed E-state index contributed by atoms with van der Waals surface area (Å²) >= 11 is 0. The van der Waals surface area contributed by atoms with E-state index in [1.165, 1.54) is 0 Å². The van der Waals surface area contributed by atoms with Gasteiger partial charge >= 0.3 is 0 Å². The molecule has 5 N–H and O–H groups in total. The van der Waals surface area contributed by atoms with Crippen molar-refractivity contribution in [2.75, 3.05) is 0 Å². The minimum absolute atomic E-state index is 0.414. The second-order valence-corrected chi connectivity index (χ2v) is 2.87. The van der Waals surface area contributed by atoms with E-state index in [1.807, 2.05) is 0 Å². The lowest BCUT2D eigenvalue weighted by Gasteiger charge is -2.37. The van der Waals surface area contributed by atoms with Gasteiger partial charge < -0.3 is 20.4 Å². The smallest absolute Gasteiger partial charge is 0.134 e. The van der Waals surface area contributed by atoms with Gasteiger partial charge in [0.05, 0.1) is 6.10 Å². The first-order chi connectivity index (χ1) is 5.04. The first-order valence-electron chi connectivity index (χ1n) is 3.52.